The molecule has 1 aliphatic heterocycles. The standard InChI is InChI=1S/C16H25N3OS/c1-12-2-3-14-13(10-12)11-15(21-14)16(20)18-6-9-19-7-4-17-5-8-19/h11-12,17H,2-10H2,1H3,(H,18,20). The van der Waals surface area contributed by atoms with Crippen LogP contribution in [0.5, 0.6) is 0 Å². The Balaban J connectivity index is 1.49. The quantitative estimate of drug-likeness (QED) is 0.886. The summed E-state index contributed by atoms with van der Waals surface area (Å²) >= 11 is 1.70. The molecule has 1 aromatic rings. The molecule has 116 valence electrons. The number of fused-ring (bicyclic) bond motifs is 1. The highest BCUT2D eigenvalue weighted by Crippen LogP contribution is 2.32. The predicted molar refractivity (Wildman–Crippen MR) is 87.2 cm³/mol. The molecule has 21 heavy (non-hydrogen) atoms. The molecule has 1 fully saturated rings. The number of hydrogen-bond donors (Lipinski definition) is 2. The van der Waals surface area contributed by atoms with Crippen molar-refractivity contribution in [1.82, 2.24) is 15.5 Å². The first-order valence-corrected chi connectivity index (χ1v) is 8.87. The molecule has 1 unspecified atom stereocenters. The minimum atomic E-state index is 0.109. The lowest BCUT2D eigenvalue weighted by Crippen LogP contribution is -2.46. The van der Waals surface area contributed by atoms with Crippen molar-refractivity contribution in [2.75, 3.05) is 39.3 Å². The largest absolute Gasteiger partial charge is 0.350 e. The molecule has 2 heterocycles. The Bertz CT molecular complexity index is 494. The van der Waals surface area contributed by atoms with E-state index in [4.69, 9.17) is 0 Å². The maximum atomic E-state index is 12.3. The topological polar surface area (TPSA) is 44.4 Å². The van der Waals surface area contributed by atoms with E-state index in [0.717, 1.165) is 62.9 Å². The summed E-state index contributed by atoms with van der Waals surface area (Å²) in [4.78, 5) is 17.0. The SMILES string of the molecule is CC1CCc2sc(C(=O)NCCN3CCNCC3)cc2C1. The Kier molecular flexibility index (Phi) is 4.93. The lowest BCUT2D eigenvalue weighted by atomic mass is 9.90. The summed E-state index contributed by atoms with van der Waals surface area (Å²) in [6.07, 6.45) is 3.55. The van der Waals surface area contributed by atoms with Crippen molar-refractivity contribution >= 4 is 17.2 Å². The van der Waals surface area contributed by atoms with Gasteiger partial charge in [-0.2, -0.15) is 0 Å². The van der Waals surface area contributed by atoms with Gasteiger partial charge in [-0.15, -0.1) is 11.3 Å². The summed E-state index contributed by atoms with van der Waals surface area (Å²) < 4.78 is 0. The molecular formula is C16H25N3OS. The van der Waals surface area contributed by atoms with Gasteiger partial charge in [0.25, 0.3) is 5.91 Å². The number of hydrogen-bond acceptors (Lipinski definition) is 4. The number of carbonyl (C=O) groups is 1. The van der Waals surface area contributed by atoms with E-state index in [2.05, 4.69) is 28.5 Å². The second-order valence-corrected chi connectivity index (χ2v) is 7.39. The maximum Gasteiger partial charge on any atom is 0.261 e. The summed E-state index contributed by atoms with van der Waals surface area (Å²) in [6.45, 7) is 8.29. The Morgan fingerprint density at radius 1 is 1.48 bits per heavy atom. The van der Waals surface area contributed by atoms with Crippen LogP contribution in [0.4, 0.5) is 0 Å². The van der Waals surface area contributed by atoms with Gasteiger partial charge in [-0.25, -0.2) is 0 Å². The average Bonchev–Trinajstić information content (AvgIpc) is 2.91. The maximum absolute atomic E-state index is 12.3. The number of thiophene rings is 1. The van der Waals surface area contributed by atoms with Gasteiger partial charge in [0.1, 0.15) is 0 Å². The van der Waals surface area contributed by atoms with Gasteiger partial charge < -0.3 is 10.6 Å². The summed E-state index contributed by atoms with van der Waals surface area (Å²) in [7, 11) is 0. The molecule has 1 aromatic heterocycles. The van der Waals surface area contributed by atoms with Crippen molar-refractivity contribution in [3.05, 3.63) is 21.4 Å². The third kappa shape index (κ3) is 3.84. The van der Waals surface area contributed by atoms with Gasteiger partial charge in [0.15, 0.2) is 0 Å². The Morgan fingerprint density at radius 2 is 2.29 bits per heavy atom. The van der Waals surface area contributed by atoms with Crippen LogP contribution in [-0.2, 0) is 12.8 Å². The van der Waals surface area contributed by atoms with Crippen molar-refractivity contribution in [2.24, 2.45) is 5.92 Å². The highest BCUT2D eigenvalue weighted by molar-refractivity contribution is 7.14. The van der Waals surface area contributed by atoms with E-state index in [9.17, 15) is 4.79 Å². The molecule has 1 saturated heterocycles. The van der Waals surface area contributed by atoms with Crippen LogP contribution in [0.3, 0.4) is 0 Å². The molecule has 1 aliphatic carbocycles. The van der Waals surface area contributed by atoms with E-state index in [1.165, 1.54) is 16.9 Å². The minimum Gasteiger partial charge on any atom is -0.350 e. The van der Waals surface area contributed by atoms with E-state index in [0.29, 0.717) is 0 Å². The molecular weight excluding hydrogens is 282 g/mol. The van der Waals surface area contributed by atoms with Crippen molar-refractivity contribution < 1.29 is 4.79 Å². The second kappa shape index (κ2) is 6.90. The van der Waals surface area contributed by atoms with E-state index in [1.807, 2.05) is 0 Å². The van der Waals surface area contributed by atoms with Gasteiger partial charge in [-0.1, -0.05) is 6.92 Å². The third-order valence-corrected chi connectivity index (χ3v) is 5.71. The van der Waals surface area contributed by atoms with Gasteiger partial charge in [0.2, 0.25) is 0 Å². The van der Waals surface area contributed by atoms with E-state index in [1.54, 1.807) is 11.3 Å². The highest BCUT2D eigenvalue weighted by Gasteiger charge is 2.20. The molecule has 1 atom stereocenters. The molecule has 0 aromatic carbocycles. The number of nitrogens with zero attached hydrogens (tertiary/aromatic N) is 1. The average molecular weight is 307 g/mol. The highest BCUT2D eigenvalue weighted by atomic mass is 32.1. The number of rotatable bonds is 4. The first kappa shape index (κ1) is 15.0. The van der Waals surface area contributed by atoms with Crippen LogP contribution in [0.25, 0.3) is 0 Å². The number of aryl methyl sites for hydroxylation is 1. The Labute approximate surface area is 130 Å². The lowest BCUT2D eigenvalue weighted by Gasteiger charge is -2.26. The monoisotopic (exact) mass is 307 g/mol. The molecule has 3 rings (SSSR count). The summed E-state index contributed by atoms with van der Waals surface area (Å²) in [6, 6.07) is 2.12. The molecule has 2 aliphatic rings. The third-order valence-electron chi connectivity index (χ3n) is 4.48. The van der Waals surface area contributed by atoms with Crippen LogP contribution >= 0.6 is 11.3 Å². The van der Waals surface area contributed by atoms with Crippen LogP contribution in [-0.4, -0.2) is 50.1 Å². The number of amides is 1. The van der Waals surface area contributed by atoms with Crippen LogP contribution < -0.4 is 10.6 Å². The summed E-state index contributed by atoms with van der Waals surface area (Å²) in [5.41, 5.74) is 1.41. The lowest BCUT2D eigenvalue weighted by molar-refractivity contribution is 0.0951. The van der Waals surface area contributed by atoms with E-state index in [-0.39, 0.29) is 5.91 Å². The first-order valence-electron chi connectivity index (χ1n) is 8.05. The smallest absolute Gasteiger partial charge is 0.261 e. The zero-order valence-corrected chi connectivity index (χ0v) is 13.6. The minimum absolute atomic E-state index is 0.109. The van der Waals surface area contributed by atoms with Crippen LogP contribution in [0, 0.1) is 5.92 Å². The van der Waals surface area contributed by atoms with Gasteiger partial charge >= 0.3 is 0 Å². The second-order valence-electron chi connectivity index (χ2n) is 6.25. The Morgan fingerprint density at radius 3 is 3.10 bits per heavy atom. The van der Waals surface area contributed by atoms with Gasteiger partial charge in [0, 0.05) is 44.1 Å². The molecule has 0 spiro atoms. The molecule has 0 radical (unpaired) electrons. The van der Waals surface area contributed by atoms with Gasteiger partial charge in [0.05, 0.1) is 4.88 Å². The van der Waals surface area contributed by atoms with Crippen molar-refractivity contribution in [1.29, 1.82) is 0 Å². The van der Waals surface area contributed by atoms with Crippen molar-refractivity contribution in [2.45, 2.75) is 26.2 Å². The predicted octanol–water partition coefficient (Wildman–Crippen LogP) is 1.51. The molecule has 5 heteroatoms. The Hall–Kier alpha value is -0.910. The molecule has 4 nitrogen and oxygen atoms in total. The van der Waals surface area contributed by atoms with Crippen LogP contribution in [0.2, 0.25) is 0 Å². The first-order chi connectivity index (χ1) is 10.2. The molecule has 1 amide bonds. The van der Waals surface area contributed by atoms with Crippen molar-refractivity contribution in [3.63, 3.8) is 0 Å². The van der Waals surface area contributed by atoms with E-state index < -0.39 is 0 Å². The van der Waals surface area contributed by atoms with Gasteiger partial charge in [-0.05, 0) is 36.8 Å². The number of piperazine rings is 1. The molecule has 0 bridgehead atoms. The summed E-state index contributed by atoms with van der Waals surface area (Å²) in [5, 5.41) is 6.42. The van der Waals surface area contributed by atoms with Crippen molar-refractivity contribution in [3.8, 4) is 0 Å². The molecule has 0 saturated carbocycles. The summed E-state index contributed by atoms with van der Waals surface area (Å²) in [5.74, 6) is 0.868. The van der Waals surface area contributed by atoms with Crippen LogP contribution in [0.1, 0.15) is 33.5 Å². The van der Waals surface area contributed by atoms with Crippen LogP contribution in [0.15, 0.2) is 6.07 Å². The number of carbonyl (C=O) groups excluding carboxylic acids is 1. The zero-order valence-electron chi connectivity index (χ0n) is 12.8. The van der Waals surface area contributed by atoms with Gasteiger partial charge in [-0.3, -0.25) is 9.69 Å². The molecule has 2 N–H and O–H groups in total. The fraction of sp³-hybridized carbons (Fsp3) is 0.688. The van der Waals surface area contributed by atoms with E-state index >= 15 is 0 Å². The zero-order chi connectivity index (χ0) is 14.7. The fourth-order valence-electron chi connectivity index (χ4n) is 3.17. The normalized spacial score (nSPS) is 22.8. The number of nitrogens with one attached hydrogen (secondary N) is 2. The fourth-order valence-corrected chi connectivity index (χ4v) is 4.29.